The average molecular weight is 428 g/mol. The highest BCUT2D eigenvalue weighted by atomic mass is 16.5. The van der Waals surface area contributed by atoms with E-state index in [1.54, 1.807) is 42.5 Å². The zero-order chi connectivity index (χ0) is 22.5. The Morgan fingerprint density at radius 2 is 1.84 bits per heavy atom. The van der Waals surface area contributed by atoms with E-state index in [0.29, 0.717) is 16.5 Å². The van der Waals surface area contributed by atoms with Crippen LogP contribution in [0.4, 0.5) is 0 Å². The van der Waals surface area contributed by atoms with Crippen molar-refractivity contribution < 1.29 is 14.6 Å². The van der Waals surface area contributed by atoms with Crippen LogP contribution in [0.15, 0.2) is 82.7 Å². The Bertz CT molecular complexity index is 1360. The molecule has 0 unspecified atom stereocenters. The van der Waals surface area contributed by atoms with Crippen LogP contribution in [0.2, 0.25) is 0 Å². The lowest BCUT2D eigenvalue weighted by Crippen LogP contribution is -2.32. The molecule has 0 saturated heterocycles. The lowest BCUT2D eigenvalue weighted by Gasteiger charge is -2.12. The number of benzene rings is 3. The molecule has 0 fully saturated rings. The Balaban J connectivity index is 1.68. The first kappa shape index (κ1) is 20.8. The zero-order valence-electron chi connectivity index (χ0n) is 17.2. The summed E-state index contributed by atoms with van der Waals surface area (Å²) in [5.74, 6) is -0.530. The molecule has 2 N–H and O–H groups in total. The van der Waals surface area contributed by atoms with Crippen LogP contribution in [0, 0.1) is 0 Å². The van der Waals surface area contributed by atoms with Gasteiger partial charge in [-0.25, -0.2) is 10.4 Å². The molecule has 4 aromatic rings. The number of hydrogen-bond donors (Lipinski definition) is 2. The van der Waals surface area contributed by atoms with Gasteiger partial charge in [-0.15, -0.1) is 0 Å². The van der Waals surface area contributed by atoms with Crippen LogP contribution in [0.5, 0.6) is 11.5 Å². The summed E-state index contributed by atoms with van der Waals surface area (Å²) in [4.78, 5) is 30.5. The monoisotopic (exact) mass is 428 g/mol. The fraction of sp³-hybridized carbons (Fsp3) is 0.0833. The largest absolute Gasteiger partial charge is 0.504 e. The van der Waals surface area contributed by atoms with Gasteiger partial charge in [0.25, 0.3) is 5.56 Å². The summed E-state index contributed by atoms with van der Waals surface area (Å²) in [6.07, 6.45) is 1.29. The van der Waals surface area contributed by atoms with E-state index in [9.17, 15) is 14.7 Å². The second kappa shape index (κ2) is 9.13. The van der Waals surface area contributed by atoms with E-state index in [0.717, 1.165) is 5.56 Å². The molecule has 0 spiro atoms. The maximum atomic E-state index is 13.1. The number of para-hydroxylation sites is 2. The molecule has 8 nitrogen and oxygen atoms in total. The molecule has 0 aliphatic heterocycles. The van der Waals surface area contributed by atoms with E-state index >= 15 is 0 Å². The van der Waals surface area contributed by atoms with Crippen molar-refractivity contribution in [3.63, 3.8) is 0 Å². The fourth-order valence-corrected chi connectivity index (χ4v) is 3.27. The molecular formula is C24H20N4O4. The Morgan fingerprint density at radius 3 is 2.62 bits per heavy atom. The molecule has 1 aromatic heterocycles. The number of hydrogen-bond acceptors (Lipinski definition) is 6. The van der Waals surface area contributed by atoms with Crippen molar-refractivity contribution in [3.8, 4) is 11.5 Å². The normalized spacial score (nSPS) is 11.0. The first-order chi connectivity index (χ1) is 15.6. The molecule has 4 rings (SSSR count). The third-order valence-corrected chi connectivity index (χ3v) is 4.87. The summed E-state index contributed by atoms with van der Waals surface area (Å²) in [5.41, 5.74) is 3.70. The van der Waals surface area contributed by atoms with Gasteiger partial charge in [0.05, 0.1) is 30.8 Å². The zero-order valence-corrected chi connectivity index (χ0v) is 17.2. The minimum atomic E-state index is -0.651. The maximum Gasteiger partial charge on any atom is 0.307 e. The number of methoxy groups -OCH3 is 1. The van der Waals surface area contributed by atoms with Gasteiger partial charge in [-0.1, -0.05) is 48.5 Å². The third kappa shape index (κ3) is 4.20. The van der Waals surface area contributed by atoms with E-state index < -0.39 is 5.91 Å². The quantitative estimate of drug-likeness (QED) is 0.363. The Kier molecular flexibility index (Phi) is 5.94. The molecule has 8 heteroatoms. The number of aromatic hydroxyl groups is 1. The average Bonchev–Trinajstić information content (AvgIpc) is 2.82. The highest BCUT2D eigenvalue weighted by molar-refractivity contribution is 5.94. The van der Waals surface area contributed by atoms with Gasteiger partial charge in [0.1, 0.15) is 0 Å². The van der Waals surface area contributed by atoms with Crippen LogP contribution in [-0.4, -0.2) is 33.9 Å². The summed E-state index contributed by atoms with van der Waals surface area (Å²) in [6, 6.07) is 21.1. The highest BCUT2D eigenvalue weighted by Crippen LogP contribution is 2.27. The summed E-state index contributed by atoms with van der Waals surface area (Å²) in [6.45, 7) is 0.181. The van der Waals surface area contributed by atoms with Crippen LogP contribution >= 0.6 is 0 Å². The molecule has 1 heterocycles. The molecular weight excluding hydrogens is 408 g/mol. The van der Waals surface area contributed by atoms with Crippen LogP contribution in [-0.2, 0) is 6.54 Å². The standard InChI is InChI=1S/C24H20N4O4/c1-32-20-13-7-10-17(21(20)29)14-25-27-23(30)22-26-19-12-6-5-11-18(19)24(31)28(22)15-16-8-3-2-4-9-16/h2-14,29H,15H2,1H3,(H,27,30)/b25-14-. The molecule has 160 valence electrons. The number of rotatable bonds is 6. The summed E-state index contributed by atoms with van der Waals surface area (Å²) >= 11 is 0. The fourth-order valence-electron chi connectivity index (χ4n) is 3.27. The molecule has 0 aliphatic rings. The SMILES string of the molecule is COc1cccc(/C=N\NC(=O)c2nc3ccccc3c(=O)n2Cc2ccccc2)c1O. The lowest BCUT2D eigenvalue weighted by molar-refractivity contribution is 0.0939. The predicted molar refractivity (Wildman–Crippen MR) is 121 cm³/mol. The lowest BCUT2D eigenvalue weighted by atomic mass is 10.2. The van der Waals surface area contributed by atoms with Gasteiger partial charge in [-0.3, -0.25) is 14.2 Å². The number of fused-ring (bicyclic) bond motifs is 1. The summed E-state index contributed by atoms with van der Waals surface area (Å²) < 4.78 is 6.39. The first-order valence-electron chi connectivity index (χ1n) is 9.81. The minimum Gasteiger partial charge on any atom is -0.504 e. The highest BCUT2D eigenvalue weighted by Gasteiger charge is 2.17. The second-order valence-electron chi connectivity index (χ2n) is 6.93. The van der Waals surface area contributed by atoms with E-state index in [1.165, 1.54) is 17.9 Å². The van der Waals surface area contributed by atoms with Crippen LogP contribution in [0.3, 0.4) is 0 Å². The number of nitrogens with one attached hydrogen (secondary N) is 1. The number of nitrogens with zero attached hydrogens (tertiary/aromatic N) is 3. The number of hydrazone groups is 1. The minimum absolute atomic E-state index is 0.0652. The van der Waals surface area contributed by atoms with Crippen molar-refractivity contribution in [3.05, 3.63) is 100 Å². The molecule has 0 aliphatic carbocycles. The van der Waals surface area contributed by atoms with Crippen molar-refractivity contribution in [1.29, 1.82) is 0 Å². The smallest absolute Gasteiger partial charge is 0.307 e. The van der Waals surface area contributed by atoms with Crippen LogP contribution in [0.1, 0.15) is 21.7 Å². The van der Waals surface area contributed by atoms with Gasteiger partial charge in [0.2, 0.25) is 5.82 Å². The number of carbonyl (C=O) groups excluding carboxylic acids is 1. The summed E-state index contributed by atoms with van der Waals surface area (Å²) in [7, 11) is 1.44. The number of ether oxygens (including phenoxy) is 1. The van der Waals surface area contributed by atoms with Crippen molar-refractivity contribution >= 4 is 23.0 Å². The van der Waals surface area contributed by atoms with Gasteiger partial charge in [-0.05, 0) is 29.8 Å². The third-order valence-electron chi connectivity index (χ3n) is 4.87. The Hall–Kier alpha value is -4.46. The van der Waals surface area contributed by atoms with Crippen molar-refractivity contribution in [2.24, 2.45) is 5.10 Å². The van der Waals surface area contributed by atoms with E-state index in [-0.39, 0.29) is 29.4 Å². The Morgan fingerprint density at radius 1 is 1.09 bits per heavy atom. The number of amides is 1. The molecule has 0 radical (unpaired) electrons. The van der Waals surface area contributed by atoms with Gasteiger partial charge in [0.15, 0.2) is 11.5 Å². The molecule has 3 aromatic carbocycles. The Labute approximate surface area is 183 Å². The van der Waals surface area contributed by atoms with Crippen LogP contribution < -0.4 is 15.7 Å². The molecule has 1 amide bonds. The molecule has 0 bridgehead atoms. The van der Waals surface area contributed by atoms with Gasteiger partial charge >= 0.3 is 5.91 Å². The van der Waals surface area contributed by atoms with Crippen molar-refractivity contribution in [2.75, 3.05) is 7.11 Å². The maximum absolute atomic E-state index is 13.1. The topological polar surface area (TPSA) is 106 Å². The van der Waals surface area contributed by atoms with Gasteiger partial charge in [0, 0.05) is 5.56 Å². The van der Waals surface area contributed by atoms with E-state index in [2.05, 4.69) is 15.5 Å². The summed E-state index contributed by atoms with van der Waals surface area (Å²) in [5, 5.41) is 14.5. The first-order valence-corrected chi connectivity index (χ1v) is 9.81. The van der Waals surface area contributed by atoms with Crippen LogP contribution in [0.25, 0.3) is 10.9 Å². The number of aromatic nitrogens is 2. The molecule has 0 atom stereocenters. The number of phenols is 1. The second-order valence-corrected chi connectivity index (χ2v) is 6.93. The van der Waals surface area contributed by atoms with Gasteiger partial charge in [-0.2, -0.15) is 5.10 Å². The van der Waals surface area contributed by atoms with Crippen molar-refractivity contribution in [1.82, 2.24) is 15.0 Å². The van der Waals surface area contributed by atoms with E-state index in [4.69, 9.17) is 4.74 Å². The number of phenolic OH excluding ortho intramolecular Hbond substituents is 1. The van der Waals surface area contributed by atoms with Crippen molar-refractivity contribution in [2.45, 2.75) is 6.54 Å². The molecule has 0 saturated carbocycles. The molecule has 32 heavy (non-hydrogen) atoms. The predicted octanol–water partition coefficient (Wildman–Crippen LogP) is 2.92. The number of carbonyl (C=O) groups is 1. The van der Waals surface area contributed by atoms with Gasteiger partial charge < -0.3 is 9.84 Å². The van der Waals surface area contributed by atoms with E-state index in [1.807, 2.05) is 30.3 Å².